The number of carboxylic acids is 1. The van der Waals surface area contributed by atoms with E-state index >= 15 is 0 Å². The predicted octanol–water partition coefficient (Wildman–Crippen LogP) is 3.56. The van der Waals surface area contributed by atoms with Gasteiger partial charge in [-0.25, -0.2) is 9.78 Å². The summed E-state index contributed by atoms with van der Waals surface area (Å²) < 4.78 is 0. The molecule has 106 valence electrons. The maximum atomic E-state index is 11.2. The van der Waals surface area contributed by atoms with Crippen LogP contribution >= 0.6 is 11.3 Å². The average Bonchev–Trinajstić information content (AvgIpc) is 2.65. The number of aryl methyl sites for hydroxylation is 1. The molecule has 4 nitrogen and oxygen atoms in total. The predicted molar refractivity (Wildman–Crippen MR) is 78.3 cm³/mol. The molecule has 1 N–H and O–H groups in total. The molecule has 0 atom stereocenters. The lowest BCUT2D eigenvalue weighted by Gasteiger charge is -2.26. The van der Waals surface area contributed by atoms with Gasteiger partial charge in [-0.2, -0.15) is 0 Å². The Labute approximate surface area is 118 Å². The molecule has 0 spiro atoms. The zero-order valence-electron chi connectivity index (χ0n) is 11.7. The molecule has 1 heterocycles. The molecule has 0 bridgehead atoms. The smallest absolute Gasteiger partial charge is 0.347 e. The van der Waals surface area contributed by atoms with E-state index in [1.807, 2.05) is 6.92 Å². The Morgan fingerprint density at radius 1 is 1.37 bits per heavy atom. The number of thiazole rings is 1. The van der Waals surface area contributed by atoms with Crippen LogP contribution in [0.3, 0.4) is 0 Å². The van der Waals surface area contributed by atoms with Gasteiger partial charge < -0.3 is 10.0 Å². The second kappa shape index (κ2) is 6.37. The van der Waals surface area contributed by atoms with Crippen LogP contribution in [-0.4, -0.2) is 29.1 Å². The molecule has 1 saturated carbocycles. The Morgan fingerprint density at radius 2 is 2.00 bits per heavy atom. The zero-order chi connectivity index (χ0) is 13.8. The first-order valence-corrected chi connectivity index (χ1v) is 7.91. The Morgan fingerprint density at radius 3 is 2.47 bits per heavy atom. The van der Waals surface area contributed by atoms with Gasteiger partial charge in [0.1, 0.15) is 4.88 Å². The number of nitrogens with zero attached hydrogens (tertiary/aromatic N) is 2. The Hall–Kier alpha value is -1.10. The second-order valence-electron chi connectivity index (χ2n) is 5.19. The molecule has 1 aromatic heterocycles. The van der Waals surface area contributed by atoms with Crippen LogP contribution in [0, 0.1) is 0 Å². The van der Waals surface area contributed by atoms with Gasteiger partial charge in [0.2, 0.25) is 0 Å². The summed E-state index contributed by atoms with van der Waals surface area (Å²) in [7, 11) is 2.06. The molecule has 5 heteroatoms. The van der Waals surface area contributed by atoms with Gasteiger partial charge in [0, 0.05) is 13.1 Å². The molecular formula is C14H22N2O2S. The normalized spacial score (nSPS) is 17.2. The van der Waals surface area contributed by atoms with Crippen LogP contribution in [0.4, 0.5) is 5.13 Å². The molecule has 0 unspecified atom stereocenters. The van der Waals surface area contributed by atoms with E-state index < -0.39 is 5.97 Å². The second-order valence-corrected chi connectivity index (χ2v) is 6.16. The maximum Gasteiger partial charge on any atom is 0.347 e. The van der Waals surface area contributed by atoms with Crippen LogP contribution in [0.1, 0.15) is 60.8 Å². The molecule has 19 heavy (non-hydrogen) atoms. The van der Waals surface area contributed by atoms with E-state index in [2.05, 4.69) is 16.9 Å². The van der Waals surface area contributed by atoms with Gasteiger partial charge in [0.15, 0.2) is 5.13 Å². The van der Waals surface area contributed by atoms with E-state index in [1.54, 1.807) is 0 Å². The SMILES string of the molecule is CCc1nc(N(C)C2CCCCCC2)sc1C(=O)O. The van der Waals surface area contributed by atoms with E-state index in [-0.39, 0.29) is 0 Å². The third-order valence-electron chi connectivity index (χ3n) is 3.89. The van der Waals surface area contributed by atoms with Gasteiger partial charge in [-0.1, -0.05) is 43.9 Å². The highest BCUT2D eigenvalue weighted by Crippen LogP contribution is 2.30. The summed E-state index contributed by atoms with van der Waals surface area (Å²) in [4.78, 5) is 18.3. The molecule has 1 aromatic rings. The van der Waals surface area contributed by atoms with Crippen molar-refractivity contribution in [2.24, 2.45) is 0 Å². The van der Waals surface area contributed by atoms with E-state index in [9.17, 15) is 9.90 Å². The number of carboxylic acid groups (broad SMARTS) is 1. The van der Waals surface area contributed by atoms with Crippen molar-refractivity contribution >= 4 is 22.4 Å². The minimum atomic E-state index is -0.852. The molecule has 0 saturated heterocycles. The average molecular weight is 282 g/mol. The van der Waals surface area contributed by atoms with Gasteiger partial charge in [0.05, 0.1) is 5.69 Å². The third-order valence-corrected chi connectivity index (χ3v) is 5.07. The van der Waals surface area contributed by atoms with Gasteiger partial charge in [0.25, 0.3) is 0 Å². The van der Waals surface area contributed by atoms with E-state index in [4.69, 9.17) is 0 Å². The maximum absolute atomic E-state index is 11.2. The standard InChI is InChI=1S/C14H22N2O2S/c1-3-11-12(13(17)18)19-14(15-11)16(2)10-8-6-4-5-7-9-10/h10H,3-9H2,1-2H3,(H,17,18). The fourth-order valence-corrected chi connectivity index (χ4v) is 3.72. The van der Waals surface area contributed by atoms with Crippen molar-refractivity contribution in [2.45, 2.75) is 57.9 Å². The minimum absolute atomic E-state index is 0.401. The van der Waals surface area contributed by atoms with Crippen LogP contribution in [0.25, 0.3) is 0 Å². The Bertz CT molecular complexity index is 437. The van der Waals surface area contributed by atoms with Crippen molar-refractivity contribution in [1.29, 1.82) is 0 Å². The summed E-state index contributed by atoms with van der Waals surface area (Å²) >= 11 is 1.32. The Kier molecular flexibility index (Phi) is 4.80. The van der Waals surface area contributed by atoms with Gasteiger partial charge in [-0.3, -0.25) is 0 Å². The van der Waals surface area contributed by atoms with E-state index in [0.717, 1.165) is 5.13 Å². The number of hydrogen-bond acceptors (Lipinski definition) is 4. The summed E-state index contributed by atoms with van der Waals surface area (Å²) in [5.41, 5.74) is 0.716. The van der Waals surface area contributed by atoms with Crippen LogP contribution in [-0.2, 0) is 6.42 Å². The number of anilines is 1. The zero-order valence-corrected chi connectivity index (χ0v) is 12.5. The largest absolute Gasteiger partial charge is 0.477 e. The van der Waals surface area contributed by atoms with Crippen molar-refractivity contribution in [3.63, 3.8) is 0 Å². The van der Waals surface area contributed by atoms with Crippen LogP contribution in [0.15, 0.2) is 0 Å². The highest BCUT2D eigenvalue weighted by atomic mass is 32.1. The molecule has 0 aliphatic heterocycles. The number of carbonyl (C=O) groups is 1. The minimum Gasteiger partial charge on any atom is -0.477 e. The third kappa shape index (κ3) is 3.26. The van der Waals surface area contributed by atoms with Crippen molar-refractivity contribution in [2.75, 3.05) is 11.9 Å². The first kappa shape index (κ1) is 14.3. The van der Waals surface area contributed by atoms with Crippen LogP contribution in [0.5, 0.6) is 0 Å². The first-order valence-electron chi connectivity index (χ1n) is 7.09. The molecule has 0 aromatic carbocycles. The lowest BCUT2D eigenvalue weighted by atomic mass is 10.1. The molecule has 1 fully saturated rings. The molecule has 1 aliphatic rings. The van der Waals surface area contributed by atoms with Gasteiger partial charge in [-0.05, 0) is 19.3 Å². The number of hydrogen-bond donors (Lipinski definition) is 1. The summed E-state index contributed by atoms with van der Waals surface area (Å²) in [5.74, 6) is -0.852. The van der Waals surface area contributed by atoms with Gasteiger partial charge >= 0.3 is 5.97 Å². The molecule has 0 radical (unpaired) electrons. The van der Waals surface area contributed by atoms with Gasteiger partial charge in [-0.15, -0.1) is 0 Å². The van der Waals surface area contributed by atoms with E-state index in [1.165, 1.54) is 49.9 Å². The van der Waals surface area contributed by atoms with Crippen molar-refractivity contribution in [3.8, 4) is 0 Å². The summed E-state index contributed by atoms with van der Waals surface area (Å²) in [6, 6.07) is 0.514. The van der Waals surface area contributed by atoms with Crippen LogP contribution in [0.2, 0.25) is 0 Å². The van der Waals surface area contributed by atoms with Crippen LogP contribution < -0.4 is 4.90 Å². The van der Waals surface area contributed by atoms with E-state index in [0.29, 0.717) is 23.0 Å². The highest BCUT2D eigenvalue weighted by molar-refractivity contribution is 7.17. The number of aromatic carboxylic acids is 1. The van der Waals surface area contributed by atoms with Crippen molar-refractivity contribution in [3.05, 3.63) is 10.6 Å². The molecule has 0 amide bonds. The molecule has 2 rings (SSSR count). The lowest BCUT2D eigenvalue weighted by molar-refractivity contribution is 0.0701. The monoisotopic (exact) mass is 282 g/mol. The summed E-state index contributed by atoms with van der Waals surface area (Å²) in [5, 5.41) is 10.1. The molecule has 1 aliphatic carbocycles. The quantitative estimate of drug-likeness (QED) is 0.858. The van der Waals surface area contributed by atoms with Crippen molar-refractivity contribution in [1.82, 2.24) is 4.98 Å². The highest BCUT2D eigenvalue weighted by Gasteiger charge is 2.23. The topological polar surface area (TPSA) is 53.4 Å². The lowest BCUT2D eigenvalue weighted by Crippen LogP contribution is -2.30. The molecular weight excluding hydrogens is 260 g/mol. The summed E-state index contributed by atoms with van der Waals surface area (Å²) in [6.45, 7) is 1.96. The number of rotatable bonds is 4. The fourth-order valence-electron chi connectivity index (χ4n) is 2.70. The number of aromatic nitrogens is 1. The fraction of sp³-hybridized carbons (Fsp3) is 0.714. The van der Waals surface area contributed by atoms with Crippen molar-refractivity contribution < 1.29 is 9.90 Å². The first-order chi connectivity index (χ1) is 9.13. The summed E-state index contributed by atoms with van der Waals surface area (Å²) in [6.07, 6.45) is 8.25. The Balaban J connectivity index is 2.18.